The third-order valence-corrected chi connectivity index (χ3v) is 3.38. The fourth-order valence-electron chi connectivity index (χ4n) is 1.76. The van der Waals surface area contributed by atoms with Gasteiger partial charge in [-0.05, 0) is 55.0 Å². The summed E-state index contributed by atoms with van der Waals surface area (Å²) in [5.41, 5.74) is 1.67. The molecule has 3 nitrogen and oxygen atoms in total. The molecule has 0 heterocycles. The van der Waals surface area contributed by atoms with Crippen LogP contribution < -0.4 is 10.1 Å². The Morgan fingerprint density at radius 3 is 2.62 bits per heavy atom. The van der Waals surface area contributed by atoms with Crippen LogP contribution >= 0.6 is 11.6 Å². The predicted molar refractivity (Wildman–Crippen MR) is 82.6 cm³/mol. The van der Waals surface area contributed by atoms with Gasteiger partial charge in [-0.2, -0.15) is 0 Å². The zero-order valence-electron chi connectivity index (χ0n) is 11.6. The Kier molecular flexibility index (Phi) is 5.42. The number of hydrogen-bond acceptors (Lipinski definition) is 3. The number of nitrogens with one attached hydrogen (secondary N) is 1. The van der Waals surface area contributed by atoms with Crippen molar-refractivity contribution in [3.05, 3.63) is 58.9 Å². The first-order chi connectivity index (χ1) is 10.0. The van der Waals surface area contributed by atoms with E-state index in [4.69, 9.17) is 16.3 Å². The topological polar surface area (TPSA) is 41.5 Å². The van der Waals surface area contributed by atoms with Crippen molar-refractivity contribution in [2.75, 3.05) is 18.5 Å². The minimum Gasteiger partial charge on any atom is -0.491 e. The van der Waals surface area contributed by atoms with Gasteiger partial charge >= 0.3 is 0 Å². The number of aliphatic hydroxyl groups is 1. The molecular formula is C16H17ClFNO2. The molecule has 0 aliphatic rings. The predicted octanol–water partition coefficient (Wildman–Crippen LogP) is 3.64. The normalized spacial score (nSPS) is 12.0. The smallest absolute Gasteiger partial charge is 0.123 e. The van der Waals surface area contributed by atoms with E-state index in [1.54, 1.807) is 24.3 Å². The standard InChI is InChI=1S/C16H17ClFNO2/c1-11-8-15(6-7-16(11)17)21-10-14(20)9-19-13-4-2-12(18)3-5-13/h2-8,14,19-20H,9-10H2,1H3. The van der Waals surface area contributed by atoms with Crippen LogP contribution in [0.15, 0.2) is 42.5 Å². The highest BCUT2D eigenvalue weighted by Crippen LogP contribution is 2.21. The number of rotatable bonds is 6. The van der Waals surface area contributed by atoms with Gasteiger partial charge in [0.05, 0.1) is 0 Å². The Hall–Kier alpha value is -1.78. The maximum absolute atomic E-state index is 12.7. The first-order valence-corrected chi connectivity index (χ1v) is 6.99. The maximum Gasteiger partial charge on any atom is 0.123 e. The first kappa shape index (κ1) is 15.6. The summed E-state index contributed by atoms with van der Waals surface area (Å²) in [4.78, 5) is 0. The van der Waals surface area contributed by atoms with Gasteiger partial charge in [0.2, 0.25) is 0 Å². The van der Waals surface area contributed by atoms with Gasteiger partial charge in [-0.25, -0.2) is 4.39 Å². The summed E-state index contributed by atoms with van der Waals surface area (Å²) in [6.45, 7) is 2.37. The molecule has 0 spiro atoms. The average Bonchev–Trinajstić information content (AvgIpc) is 2.48. The second kappa shape index (κ2) is 7.29. The quantitative estimate of drug-likeness (QED) is 0.856. The number of benzene rings is 2. The number of halogens is 2. The van der Waals surface area contributed by atoms with Crippen LogP contribution in [0, 0.1) is 12.7 Å². The molecule has 2 N–H and O–H groups in total. The van der Waals surface area contributed by atoms with Crippen molar-refractivity contribution in [3.8, 4) is 5.75 Å². The lowest BCUT2D eigenvalue weighted by atomic mass is 10.2. The van der Waals surface area contributed by atoms with Crippen molar-refractivity contribution >= 4 is 17.3 Å². The van der Waals surface area contributed by atoms with Gasteiger partial charge in [0.25, 0.3) is 0 Å². The second-order valence-electron chi connectivity index (χ2n) is 4.76. The zero-order valence-corrected chi connectivity index (χ0v) is 12.4. The number of hydrogen-bond donors (Lipinski definition) is 2. The van der Waals surface area contributed by atoms with E-state index in [1.807, 2.05) is 13.0 Å². The molecule has 1 atom stereocenters. The number of aliphatic hydroxyl groups excluding tert-OH is 1. The van der Waals surface area contributed by atoms with Gasteiger partial charge in [-0.3, -0.25) is 0 Å². The van der Waals surface area contributed by atoms with Crippen molar-refractivity contribution in [2.45, 2.75) is 13.0 Å². The lowest BCUT2D eigenvalue weighted by Gasteiger charge is -2.14. The third kappa shape index (κ3) is 4.92. The Balaban J connectivity index is 1.77. The monoisotopic (exact) mass is 309 g/mol. The molecule has 2 rings (SSSR count). The summed E-state index contributed by atoms with van der Waals surface area (Å²) < 4.78 is 18.3. The summed E-state index contributed by atoms with van der Waals surface area (Å²) in [6.07, 6.45) is -0.675. The van der Waals surface area contributed by atoms with E-state index in [2.05, 4.69) is 5.32 Å². The van der Waals surface area contributed by atoms with E-state index < -0.39 is 6.10 Å². The molecule has 1 unspecified atom stereocenters. The van der Waals surface area contributed by atoms with Crippen molar-refractivity contribution in [1.29, 1.82) is 0 Å². The van der Waals surface area contributed by atoms with Crippen molar-refractivity contribution in [2.24, 2.45) is 0 Å². The zero-order chi connectivity index (χ0) is 15.2. The summed E-state index contributed by atoms with van der Waals surface area (Å²) in [7, 11) is 0. The van der Waals surface area contributed by atoms with E-state index in [0.29, 0.717) is 17.3 Å². The molecule has 0 radical (unpaired) electrons. The fourth-order valence-corrected chi connectivity index (χ4v) is 1.88. The molecule has 0 amide bonds. The van der Waals surface area contributed by atoms with Gasteiger partial charge in [-0.1, -0.05) is 11.6 Å². The molecule has 0 bridgehead atoms. The fraction of sp³-hybridized carbons (Fsp3) is 0.250. The molecule has 5 heteroatoms. The van der Waals surface area contributed by atoms with Gasteiger partial charge in [0, 0.05) is 17.3 Å². The second-order valence-corrected chi connectivity index (χ2v) is 5.17. The van der Waals surface area contributed by atoms with Gasteiger partial charge in [0.1, 0.15) is 24.3 Å². The van der Waals surface area contributed by atoms with Gasteiger partial charge in [0.15, 0.2) is 0 Å². The van der Waals surface area contributed by atoms with Gasteiger partial charge < -0.3 is 15.2 Å². The van der Waals surface area contributed by atoms with Crippen LogP contribution in [0.1, 0.15) is 5.56 Å². The molecule has 21 heavy (non-hydrogen) atoms. The highest BCUT2D eigenvalue weighted by atomic mass is 35.5. The van der Waals surface area contributed by atoms with Crippen molar-refractivity contribution in [3.63, 3.8) is 0 Å². The van der Waals surface area contributed by atoms with Gasteiger partial charge in [-0.15, -0.1) is 0 Å². The Morgan fingerprint density at radius 1 is 1.24 bits per heavy atom. The van der Waals surface area contributed by atoms with Crippen molar-refractivity contribution in [1.82, 2.24) is 0 Å². The molecule has 0 saturated carbocycles. The maximum atomic E-state index is 12.7. The van der Waals surface area contributed by atoms with E-state index in [0.717, 1.165) is 11.3 Å². The van der Waals surface area contributed by atoms with Crippen LogP contribution in [0.4, 0.5) is 10.1 Å². The average molecular weight is 310 g/mol. The lowest BCUT2D eigenvalue weighted by Crippen LogP contribution is -2.26. The highest BCUT2D eigenvalue weighted by Gasteiger charge is 2.06. The van der Waals surface area contributed by atoms with Crippen molar-refractivity contribution < 1.29 is 14.2 Å². The summed E-state index contributed by atoms with van der Waals surface area (Å²) in [6, 6.07) is 11.3. The molecule has 0 saturated heterocycles. The Morgan fingerprint density at radius 2 is 1.95 bits per heavy atom. The van der Waals surface area contributed by atoms with E-state index in [1.165, 1.54) is 12.1 Å². The number of ether oxygens (including phenoxy) is 1. The summed E-state index contributed by atoms with van der Waals surface area (Å²) in [5.74, 6) is 0.375. The Labute approximate surface area is 128 Å². The summed E-state index contributed by atoms with van der Waals surface area (Å²) in [5, 5.41) is 13.6. The van der Waals surface area contributed by atoms with Crippen LogP contribution in [0.2, 0.25) is 5.02 Å². The minimum atomic E-state index is -0.675. The van der Waals surface area contributed by atoms with Crippen LogP contribution in [0.25, 0.3) is 0 Å². The molecule has 0 aliphatic carbocycles. The van der Waals surface area contributed by atoms with Crippen LogP contribution in [0.3, 0.4) is 0 Å². The van der Waals surface area contributed by atoms with Crippen LogP contribution in [-0.4, -0.2) is 24.4 Å². The molecular weight excluding hydrogens is 293 g/mol. The molecule has 0 fully saturated rings. The molecule has 2 aromatic carbocycles. The Bertz CT molecular complexity index is 589. The molecule has 112 valence electrons. The first-order valence-electron chi connectivity index (χ1n) is 6.61. The minimum absolute atomic E-state index is 0.162. The third-order valence-electron chi connectivity index (χ3n) is 2.96. The lowest BCUT2D eigenvalue weighted by molar-refractivity contribution is 0.117. The number of anilines is 1. The van der Waals surface area contributed by atoms with Crippen LogP contribution in [0.5, 0.6) is 5.75 Å². The SMILES string of the molecule is Cc1cc(OCC(O)CNc2ccc(F)cc2)ccc1Cl. The molecule has 0 aromatic heterocycles. The van der Waals surface area contributed by atoms with E-state index >= 15 is 0 Å². The van der Waals surface area contributed by atoms with E-state index in [-0.39, 0.29) is 12.4 Å². The molecule has 0 aliphatic heterocycles. The van der Waals surface area contributed by atoms with E-state index in [9.17, 15) is 9.50 Å². The molecule has 2 aromatic rings. The number of aryl methyl sites for hydroxylation is 1. The van der Waals surface area contributed by atoms with Crippen LogP contribution in [-0.2, 0) is 0 Å². The highest BCUT2D eigenvalue weighted by molar-refractivity contribution is 6.31. The largest absolute Gasteiger partial charge is 0.491 e. The summed E-state index contributed by atoms with van der Waals surface area (Å²) >= 11 is 5.93.